The normalized spacial score (nSPS) is 15.2. The molecule has 0 N–H and O–H groups in total. The highest BCUT2D eigenvalue weighted by Crippen LogP contribution is 2.53. The zero-order chi connectivity index (χ0) is 13.9. The predicted octanol–water partition coefficient (Wildman–Crippen LogP) is 5.91. The van der Waals surface area contributed by atoms with Crippen molar-refractivity contribution >= 4 is 26.7 Å². The first-order valence-corrected chi connectivity index (χ1v) is 7.71. The summed E-state index contributed by atoms with van der Waals surface area (Å²) >= 11 is 3.79. The lowest BCUT2D eigenvalue weighted by atomic mass is 9.80. The fourth-order valence-corrected chi connectivity index (χ4v) is 4.27. The topological polar surface area (TPSA) is 0 Å². The molecular formula is C19H15Br. The van der Waals surface area contributed by atoms with Gasteiger partial charge in [0.1, 0.15) is 0 Å². The van der Waals surface area contributed by atoms with Crippen LogP contribution in [0.15, 0.2) is 59.1 Å². The summed E-state index contributed by atoms with van der Waals surface area (Å²) in [7, 11) is 0. The van der Waals surface area contributed by atoms with Crippen molar-refractivity contribution < 1.29 is 0 Å². The lowest BCUT2D eigenvalue weighted by Crippen LogP contribution is -2.15. The molecule has 0 fully saturated rings. The SMILES string of the molecule is CC1(C)c2ccccc2-c2c(Br)cc3ccccc3c21. The second-order valence-electron chi connectivity index (χ2n) is 6.00. The average molecular weight is 323 g/mol. The molecule has 1 aliphatic carbocycles. The monoisotopic (exact) mass is 322 g/mol. The Morgan fingerprint density at radius 2 is 1.60 bits per heavy atom. The van der Waals surface area contributed by atoms with E-state index in [-0.39, 0.29) is 5.41 Å². The molecule has 1 aliphatic rings. The molecule has 0 heterocycles. The van der Waals surface area contributed by atoms with Crippen LogP contribution in [0.1, 0.15) is 25.0 Å². The first-order valence-electron chi connectivity index (χ1n) is 6.92. The maximum atomic E-state index is 3.79. The van der Waals surface area contributed by atoms with Crippen LogP contribution in [0.25, 0.3) is 21.9 Å². The fourth-order valence-electron chi connectivity index (χ4n) is 3.61. The number of benzene rings is 3. The molecule has 0 amide bonds. The Labute approximate surface area is 127 Å². The third-order valence-corrected chi connectivity index (χ3v) is 5.12. The van der Waals surface area contributed by atoms with Crippen molar-refractivity contribution in [3.05, 3.63) is 70.2 Å². The summed E-state index contributed by atoms with van der Waals surface area (Å²) in [5.74, 6) is 0. The molecule has 0 atom stereocenters. The van der Waals surface area contributed by atoms with Crippen LogP contribution in [0.3, 0.4) is 0 Å². The zero-order valence-corrected chi connectivity index (χ0v) is 13.2. The molecule has 0 saturated heterocycles. The Kier molecular flexibility index (Phi) is 2.41. The van der Waals surface area contributed by atoms with Crippen LogP contribution >= 0.6 is 15.9 Å². The molecule has 98 valence electrons. The molecule has 0 aromatic heterocycles. The average Bonchev–Trinajstić information content (AvgIpc) is 2.69. The Morgan fingerprint density at radius 1 is 0.900 bits per heavy atom. The van der Waals surface area contributed by atoms with E-state index < -0.39 is 0 Å². The number of rotatable bonds is 0. The van der Waals surface area contributed by atoms with Crippen molar-refractivity contribution in [1.82, 2.24) is 0 Å². The number of hydrogen-bond acceptors (Lipinski definition) is 0. The van der Waals surface area contributed by atoms with Gasteiger partial charge in [0.2, 0.25) is 0 Å². The van der Waals surface area contributed by atoms with Crippen LogP contribution < -0.4 is 0 Å². The van der Waals surface area contributed by atoms with Crippen molar-refractivity contribution in [2.75, 3.05) is 0 Å². The molecule has 0 spiro atoms. The molecule has 0 saturated carbocycles. The number of hydrogen-bond donors (Lipinski definition) is 0. The third kappa shape index (κ3) is 1.42. The lowest BCUT2D eigenvalue weighted by Gasteiger charge is -2.23. The highest BCUT2D eigenvalue weighted by molar-refractivity contribution is 9.10. The molecule has 0 unspecified atom stereocenters. The summed E-state index contributed by atoms with van der Waals surface area (Å²) in [6, 6.07) is 19.7. The first-order chi connectivity index (χ1) is 9.60. The van der Waals surface area contributed by atoms with Crippen LogP contribution in [0.5, 0.6) is 0 Å². The highest BCUT2D eigenvalue weighted by atomic mass is 79.9. The molecule has 0 nitrogen and oxygen atoms in total. The smallest absolute Gasteiger partial charge is 0.0263 e. The Hall–Kier alpha value is -1.60. The number of halogens is 1. The van der Waals surface area contributed by atoms with E-state index in [0.29, 0.717) is 0 Å². The van der Waals surface area contributed by atoms with Crippen molar-refractivity contribution in [3.63, 3.8) is 0 Å². The molecule has 0 aliphatic heterocycles. The molecule has 1 heteroatoms. The summed E-state index contributed by atoms with van der Waals surface area (Å²) in [6.07, 6.45) is 0. The minimum Gasteiger partial charge on any atom is -0.0619 e. The Morgan fingerprint density at radius 3 is 2.45 bits per heavy atom. The summed E-state index contributed by atoms with van der Waals surface area (Å²) < 4.78 is 1.20. The molecule has 20 heavy (non-hydrogen) atoms. The van der Waals surface area contributed by atoms with Gasteiger partial charge in [-0.25, -0.2) is 0 Å². The van der Waals surface area contributed by atoms with Gasteiger partial charge in [-0.15, -0.1) is 0 Å². The van der Waals surface area contributed by atoms with E-state index in [9.17, 15) is 0 Å². The second-order valence-corrected chi connectivity index (χ2v) is 6.85. The molecule has 3 aromatic carbocycles. The minimum absolute atomic E-state index is 0.0509. The van der Waals surface area contributed by atoms with E-state index in [1.165, 1.54) is 37.5 Å². The summed E-state index contributed by atoms with van der Waals surface area (Å²) in [5, 5.41) is 2.67. The van der Waals surface area contributed by atoms with Crippen LogP contribution in [0, 0.1) is 0 Å². The van der Waals surface area contributed by atoms with Gasteiger partial charge in [-0.05, 0) is 33.5 Å². The van der Waals surface area contributed by atoms with E-state index in [4.69, 9.17) is 0 Å². The van der Waals surface area contributed by atoms with Crippen molar-refractivity contribution in [3.8, 4) is 11.1 Å². The quantitative estimate of drug-likeness (QED) is 0.482. The van der Waals surface area contributed by atoms with Gasteiger partial charge >= 0.3 is 0 Å². The van der Waals surface area contributed by atoms with E-state index in [1.54, 1.807) is 0 Å². The Balaban J connectivity index is 2.25. The zero-order valence-electron chi connectivity index (χ0n) is 11.6. The van der Waals surface area contributed by atoms with Gasteiger partial charge in [-0.3, -0.25) is 0 Å². The van der Waals surface area contributed by atoms with E-state index in [1.807, 2.05) is 0 Å². The van der Waals surface area contributed by atoms with Crippen LogP contribution in [0.4, 0.5) is 0 Å². The van der Waals surface area contributed by atoms with Gasteiger partial charge in [0.25, 0.3) is 0 Å². The lowest BCUT2D eigenvalue weighted by molar-refractivity contribution is 0.666. The summed E-state index contributed by atoms with van der Waals surface area (Å²) in [4.78, 5) is 0. The Bertz CT molecular complexity index is 844. The van der Waals surface area contributed by atoms with Gasteiger partial charge < -0.3 is 0 Å². The molecule has 4 rings (SSSR count). The summed E-state index contributed by atoms with van der Waals surface area (Å²) in [5.41, 5.74) is 5.65. The molecule has 0 radical (unpaired) electrons. The van der Waals surface area contributed by atoms with Crippen molar-refractivity contribution in [2.24, 2.45) is 0 Å². The van der Waals surface area contributed by atoms with Gasteiger partial charge in [0.15, 0.2) is 0 Å². The standard InChI is InChI=1S/C19H15Br/c1-19(2)15-10-6-5-9-14(15)17-16(20)11-12-7-3-4-8-13(12)18(17)19/h3-11H,1-2H3. The van der Waals surface area contributed by atoms with Crippen LogP contribution in [-0.4, -0.2) is 0 Å². The van der Waals surface area contributed by atoms with Gasteiger partial charge in [0.05, 0.1) is 0 Å². The van der Waals surface area contributed by atoms with Crippen molar-refractivity contribution in [1.29, 1.82) is 0 Å². The molecule has 0 bridgehead atoms. The molecule has 3 aromatic rings. The largest absolute Gasteiger partial charge is 0.0619 e. The number of fused-ring (bicyclic) bond motifs is 5. The van der Waals surface area contributed by atoms with Gasteiger partial charge in [-0.1, -0.05) is 78.3 Å². The second kappa shape index (κ2) is 3.95. The van der Waals surface area contributed by atoms with Gasteiger partial charge in [-0.2, -0.15) is 0 Å². The van der Waals surface area contributed by atoms with E-state index in [0.717, 1.165) is 0 Å². The third-order valence-electron chi connectivity index (χ3n) is 4.50. The van der Waals surface area contributed by atoms with E-state index >= 15 is 0 Å². The van der Waals surface area contributed by atoms with Crippen LogP contribution in [-0.2, 0) is 5.41 Å². The predicted molar refractivity (Wildman–Crippen MR) is 89.2 cm³/mol. The van der Waals surface area contributed by atoms with Gasteiger partial charge in [0, 0.05) is 15.5 Å². The summed E-state index contributed by atoms with van der Waals surface area (Å²) in [6.45, 7) is 4.66. The minimum atomic E-state index is 0.0509. The fraction of sp³-hybridized carbons (Fsp3) is 0.158. The van der Waals surface area contributed by atoms with E-state index in [2.05, 4.69) is 84.4 Å². The van der Waals surface area contributed by atoms with Crippen LogP contribution in [0.2, 0.25) is 0 Å². The first kappa shape index (κ1) is 12.2. The maximum absolute atomic E-state index is 3.79. The highest BCUT2D eigenvalue weighted by Gasteiger charge is 2.37. The maximum Gasteiger partial charge on any atom is 0.0263 e. The van der Waals surface area contributed by atoms with Crippen molar-refractivity contribution in [2.45, 2.75) is 19.3 Å². The molecular weight excluding hydrogens is 308 g/mol.